The molecule has 0 unspecified atom stereocenters. The van der Waals surface area contributed by atoms with Crippen molar-refractivity contribution >= 4 is 35.9 Å². The van der Waals surface area contributed by atoms with Crippen molar-refractivity contribution in [2.45, 2.75) is 39.8 Å². The number of halogens is 1. The summed E-state index contributed by atoms with van der Waals surface area (Å²) < 4.78 is 10.4. The summed E-state index contributed by atoms with van der Waals surface area (Å²) in [5.41, 5.74) is 2.36. The van der Waals surface area contributed by atoms with Crippen LogP contribution in [0.5, 0.6) is 0 Å². The van der Waals surface area contributed by atoms with Crippen LogP contribution >= 0.6 is 24.0 Å². The highest BCUT2D eigenvalue weighted by atomic mass is 127. The molecule has 0 spiro atoms. The summed E-state index contributed by atoms with van der Waals surface area (Å²) in [7, 11) is 1.46. The molecule has 0 amide bonds. The molecule has 1 saturated heterocycles. The third-order valence-electron chi connectivity index (χ3n) is 4.64. The molecule has 1 heterocycles. The zero-order valence-electron chi connectivity index (χ0n) is 16.6. The Morgan fingerprint density at radius 1 is 1.22 bits per heavy atom. The van der Waals surface area contributed by atoms with Crippen molar-refractivity contribution in [1.29, 1.82) is 0 Å². The van der Waals surface area contributed by atoms with Gasteiger partial charge in [-0.15, -0.1) is 24.0 Å². The molecule has 27 heavy (non-hydrogen) atoms. The van der Waals surface area contributed by atoms with E-state index in [2.05, 4.69) is 29.3 Å². The number of piperidine rings is 1. The van der Waals surface area contributed by atoms with Crippen LogP contribution < -0.4 is 5.32 Å². The van der Waals surface area contributed by atoms with Crippen molar-refractivity contribution < 1.29 is 14.3 Å². The molecule has 0 radical (unpaired) electrons. The lowest BCUT2D eigenvalue weighted by Gasteiger charge is -2.33. The SMILES string of the molecule is CCNC(=NCc1ccccc1COCC)N1CCC(C(=O)OC)CC1.I. The molecule has 0 saturated carbocycles. The molecule has 6 nitrogen and oxygen atoms in total. The number of hydrogen-bond acceptors (Lipinski definition) is 4. The summed E-state index contributed by atoms with van der Waals surface area (Å²) in [6, 6.07) is 8.26. The number of carbonyl (C=O) groups is 1. The van der Waals surface area contributed by atoms with Gasteiger partial charge in [0.25, 0.3) is 0 Å². The summed E-state index contributed by atoms with van der Waals surface area (Å²) in [5, 5.41) is 3.37. The highest BCUT2D eigenvalue weighted by Crippen LogP contribution is 2.19. The molecule has 0 aliphatic carbocycles. The van der Waals surface area contributed by atoms with E-state index in [9.17, 15) is 4.79 Å². The molecule has 0 bridgehead atoms. The van der Waals surface area contributed by atoms with E-state index in [1.165, 1.54) is 18.2 Å². The van der Waals surface area contributed by atoms with Crippen LogP contribution in [-0.4, -0.2) is 50.2 Å². The van der Waals surface area contributed by atoms with Gasteiger partial charge < -0.3 is 19.7 Å². The zero-order valence-corrected chi connectivity index (χ0v) is 18.9. The topological polar surface area (TPSA) is 63.2 Å². The first-order valence-electron chi connectivity index (χ1n) is 9.45. The molecule has 2 rings (SSSR count). The van der Waals surface area contributed by atoms with Crippen LogP contribution in [0.4, 0.5) is 0 Å². The monoisotopic (exact) mass is 489 g/mol. The van der Waals surface area contributed by atoms with Crippen molar-refractivity contribution in [2.24, 2.45) is 10.9 Å². The molecule has 1 aliphatic rings. The normalized spacial score (nSPS) is 15.2. The highest BCUT2D eigenvalue weighted by Gasteiger charge is 2.26. The summed E-state index contributed by atoms with van der Waals surface area (Å²) in [6.07, 6.45) is 1.61. The Hall–Kier alpha value is -1.35. The smallest absolute Gasteiger partial charge is 0.308 e. The van der Waals surface area contributed by atoms with Crippen LogP contribution in [0.25, 0.3) is 0 Å². The Bertz CT molecular complexity index is 602. The lowest BCUT2D eigenvalue weighted by molar-refractivity contribution is -0.146. The Balaban J connectivity index is 0.00000364. The van der Waals surface area contributed by atoms with E-state index in [1.807, 2.05) is 19.1 Å². The molecule has 1 fully saturated rings. The minimum atomic E-state index is -0.101. The maximum atomic E-state index is 11.7. The summed E-state index contributed by atoms with van der Waals surface area (Å²) in [5.74, 6) is 0.810. The molecular weight excluding hydrogens is 457 g/mol. The number of esters is 1. The van der Waals surface area contributed by atoms with E-state index in [0.717, 1.165) is 38.4 Å². The number of rotatable bonds is 7. The van der Waals surface area contributed by atoms with Gasteiger partial charge in [-0.3, -0.25) is 4.79 Å². The fraction of sp³-hybridized carbons (Fsp3) is 0.600. The molecule has 0 atom stereocenters. The largest absolute Gasteiger partial charge is 0.469 e. The number of guanidine groups is 1. The van der Waals surface area contributed by atoms with Crippen LogP contribution in [0.2, 0.25) is 0 Å². The summed E-state index contributed by atoms with van der Waals surface area (Å²) in [6.45, 7) is 8.44. The molecule has 0 aromatic heterocycles. The van der Waals surface area contributed by atoms with E-state index < -0.39 is 0 Å². The Morgan fingerprint density at radius 2 is 1.89 bits per heavy atom. The molecule has 1 aliphatic heterocycles. The second kappa shape index (κ2) is 12.9. The third-order valence-corrected chi connectivity index (χ3v) is 4.64. The van der Waals surface area contributed by atoms with Gasteiger partial charge in [-0.25, -0.2) is 4.99 Å². The van der Waals surface area contributed by atoms with E-state index in [4.69, 9.17) is 14.5 Å². The maximum absolute atomic E-state index is 11.7. The first-order valence-corrected chi connectivity index (χ1v) is 9.45. The second-order valence-electron chi connectivity index (χ2n) is 6.36. The van der Waals surface area contributed by atoms with Gasteiger partial charge in [-0.1, -0.05) is 24.3 Å². The van der Waals surface area contributed by atoms with Gasteiger partial charge in [0.1, 0.15) is 0 Å². The van der Waals surface area contributed by atoms with Crippen LogP contribution in [0, 0.1) is 5.92 Å². The molecule has 7 heteroatoms. The van der Waals surface area contributed by atoms with E-state index in [1.54, 1.807) is 0 Å². The maximum Gasteiger partial charge on any atom is 0.308 e. The van der Waals surface area contributed by atoms with Crippen molar-refractivity contribution in [2.75, 3.05) is 33.4 Å². The number of carbonyl (C=O) groups excluding carboxylic acids is 1. The van der Waals surface area contributed by atoms with Gasteiger partial charge in [0, 0.05) is 26.2 Å². The molecular formula is C20H32IN3O3. The number of ether oxygens (including phenoxy) is 2. The minimum absolute atomic E-state index is 0. The molecule has 1 aromatic carbocycles. The van der Waals surface area contributed by atoms with Crippen LogP contribution in [0.1, 0.15) is 37.8 Å². The van der Waals surface area contributed by atoms with Gasteiger partial charge in [-0.05, 0) is 37.8 Å². The molecule has 1 N–H and O–H groups in total. The standard InChI is InChI=1S/C20H31N3O3.HI/c1-4-21-20(23-12-10-16(11-13-23)19(24)25-3)22-14-17-8-6-7-9-18(17)15-26-5-2;/h6-9,16H,4-5,10-15H2,1-3H3,(H,21,22);1H. The summed E-state index contributed by atoms with van der Waals surface area (Å²) in [4.78, 5) is 18.8. The lowest BCUT2D eigenvalue weighted by atomic mass is 9.97. The van der Waals surface area contributed by atoms with Crippen molar-refractivity contribution in [3.8, 4) is 0 Å². The minimum Gasteiger partial charge on any atom is -0.469 e. The van der Waals surface area contributed by atoms with E-state index >= 15 is 0 Å². The number of hydrogen-bond donors (Lipinski definition) is 1. The fourth-order valence-corrected chi connectivity index (χ4v) is 3.14. The van der Waals surface area contributed by atoms with E-state index in [-0.39, 0.29) is 35.9 Å². The van der Waals surface area contributed by atoms with Gasteiger partial charge in [0.2, 0.25) is 0 Å². The predicted octanol–water partition coefficient (Wildman–Crippen LogP) is 3.19. The predicted molar refractivity (Wildman–Crippen MR) is 118 cm³/mol. The first kappa shape index (κ1) is 23.7. The Labute approximate surface area is 179 Å². The van der Waals surface area contributed by atoms with Crippen molar-refractivity contribution in [3.05, 3.63) is 35.4 Å². The number of nitrogens with zero attached hydrogens (tertiary/aromatic N) is 2. The van der Waals surface area contributed by atoms with Crippen LogP contribution in [0.3, 0.4) is 0 Å². The number of likely N-dealkylation sites (tertiary alicyclic amines) is 1. The van der Waals surface area contributed by atoms with Gasteiger partial charge in [0.15, 0.2) is 5.96 Å². The lowest BCUT2D eigenvalue weighted by Crippen LogP contribution is -2.46. The number of nitrogens with one attached hydrogen (secondary N) is 1. The number of aliphatic imine (C=N–C) groups is 1. The van der Waals surface area contributed by atoms with Crippen LogP contribution in [0.15, 0.2) is 29.3 Å². The second-order valence-corrected chi connectivity index (χ2v) is 6.36. The summed E-state index contributed by atoms with van der Waals surface area (Å²) >= 11 is 0. The van der Waals surface area contributed by atoms with Crippen molar-refractivity contribution in [1.82, 2.24) is 10.2 Å². The molecule has 1 aromatic rings. The van der Waals surface area contributed by atoms with Gasteiger partial charge >= 0.3 is 5.97 Å². The zero-order chi connectivity index (χ0) is 18.8. The Kier molecular flexibility index (Phi) is 11.3. The Morgan fingerprint density at radius 3 is 2.48 bits per heavy atom. The van der Waals surface area contributed by atoms with E-state index in [0.29, 0.717) is 19.8 Å². The fourth-order valence-electron chi connectivity index (χ4n) is 3.14. The molecule has 152 valence electrons. The quantitative estimate of drug-likeness (QED) is 0.276. The average Bonchev–Trinajstić information content (AvgIpc) is 2.69. The van der Waals surface area contributed by atoms with Gasteiger partial charge in [0.05, 0.1) is 26.2 Å². The number of methoxy groups -OCH3 is 1. The first-order chi connectivity index (χ1) is 12.7. The van der Waals surface area contributed by atoms with Crippen molar-refractivity contribution in [3.63, 3.8) is 0 Å². The van der Waals surface area contributed by atoms with Gasteiger partial charge in [-0.2, -0.15) is 0 Å². The highest BCUT2D eigenvalue weighted by molar-refractivity contribution is 14.0. The number of benzene rings is 1. The average molecular weight is 489 g/mol. The van der Waals surface area contributed by atoms with Crippen LogP contribution in [-0.2, 0) is 27.4 Å². The third kappa shape index (κ3) is 7.29.